The highest BCUT2D eigenvalue weighted by atomic mass is 19.1. The second kappa shape index (κ2) is 5.90. The monoisotopic (exact) mass is 303 g/mol. The van der Waals surface area contributed by atoms with Gasteiger partial charge < -0.3 is 5.73 Å². The lowest BCUT2D eigenvalue weighted by atomic mass is 9.92. The van der Waals surface area contributed by atoms with Gasteiger partial charge in [0.05, 0.1) is 5.69 Å². The van der Waals surface area contributed by atoms with Crippen molar-refractivity contribution in [2.24, 2.45) is 0 Å². The largest absolute Gasteiger partial charge is 0.383 e. The molecule has 0 radical (unpaired) electrons. The number of halogens is 1. The van der Waals surface area contributed by atoms with Crippen molar-refractivity contribution in [3.05, 3.63) is 71.5 Å². The van der Waals surface area contributed by atoms with Gasteiger partial charge in [0.2, 0.25) is 0 Å². The fourth-order valence-electron chi connectivity index (χ4n) is 2.69. The number of nitriles is 1. The topological polar surface area (TPSA) is 62.7 Å². The first-order valence-electron chi connectivity index (χ1n) is 7.14. The summed E-state index contributed by atoms with van der Waals surface area (Å²) in [6.07, 6.45) is 0. The van der Waals surface area contributed by atoms with Gasteiger partial charge in [0.1, 0.15) is 23.3 Å². The van der Waals surface area contributed by atoms with E-state index in [1.54, 1.807) is 18.2 Å². The third-order valence-corrected chi connectivity index (χ3v) is 3.77. The summed E-state index contributed by atoms with van der Waals surface area (Å²) in [4.78, 5) is 4.36. The number of anilines is 1. The number of hydrogen-bond acceptors (Lipinski definition) is 3. The highest BCUT2D eigenvalue weighted by Crippen LogP contribution is 2.36. The van der Waals surface area contributed by atoms with Crippen LogP contribution in [0.1, 0.15) is 11.1 Å². The molecule has 0 atom stereocenters. The number of nitrogens with zero attached hydrogens (tertiary/aromatic N) is 2. The predicted octanol–water partition coefficient (Wildman–Crippen LogP) is 4.32. The van der Waals surface area contributed by atoms with Crippen molar-refractivity contribution < 1.29 is 4.39 Å². The molecule has 0 fully saturated rings. The van der Waals surface area contributed by atoms with Crippen molar-refractivity contribution in [1.29, 1.82) is 5.26 Å². The maximum Gasteiger partial charge on any atom is 0.142 e. The molecule has 0 aliphatic carbocycles. The molecule has 0 aliphatic heterocycles. The Morgan fingerprint density at radius 2 is 1.70 bits per heavy atom. The molecule has 2 aromatic carbocycles. The number of nitrogens with two attached hydrogens (primary N) is 1. The Bertz CT molecular complexity index is 912. The summed E-state index contributed by atoms with van der Waals surface area (Å²) in [7, 11) is 0. The molecule has 0 amide bonds. The molecule has 3 aromatic rings. The first-order valence-corrected chi connectivity index (χ1v) is 7.14. The Balaban J connectivity index is 2.37. The van der Waals surface area contributed by atoms with E-state index in [9.17, 15) is 9.65 Å². The van der Waals surface area contributed by atoms with E-state index in [4.69, 9.17) is 5.73 Å². The van der Waals surface area contributed by atoms with Crippen molar-refractivity contribution in [3.8, 4) is 28.5 Å². The van der Waals surface area contributed by atoms with E-state index in [2.05, 4.69) is 11.1 Å². The summed E-state index contributed by atoms with van der Waals surface area (Å²) < 4.78 is 14.3. The lowest BCUT2D eigenvalue weighted by Crippen LogP contribution is -2.04. The standard InChI is InChI=1S/C19H14FN3/c1-12-17(14-9-5-6-10-16(14)20)15(11-21)19(22)23-18(12)13-7-3-2-4-8-13/h2-10H,1H3,(H2,22,23). The maximum atomic E-state index is 14.3. The molecule has 0 bridgehead atoms. The van der Waals surface area contributed by atoms with Crippen LogP contribution in [0, 0.1) is 24.1 Å². The zero-order chi connectivity index (χ0) is 16.4. The van der Waals surface area contributed by atoms with Crippen LogP contribution >= 0.6 is 0 Å². The summed E-state index contributed by atoms with van der Waals surface area (Å²) in [5.41, 5.74) is 9.28. The van der Waals surface area contributed by atoms with Crippen molar-refractivity contribution in [2.45, 2.75) is 6.92 Å². The van der Waals surface area contributed by atoms with Crippen LogP contribution in [0.2, 0.25) is 0 Å². The first kappa shape index (κ1) is 14.7. The molecule has 0 spiro atoms. The number of benzene rings is 2. The average Bonchev–Trinajstić information content (AvgIpc) is 2.58. The van der Waals surface area contributed by atoms with Gasteiger partial charge in [-0.05, 0) is 18.6 Å². The molecule has 1 heterocycles. The minimum absolute atomic E-state index is 0.107. The van der Waals surface area contributed by atoms with Gasteiger partial charge in [-0.1, -0.05) is 48.5 Å². The fraction of sp³-hybridized carbons (Fsp3) is 0.0526. The van der Waals surface area contributed by atoms with Gasteiger partial charge in [-0.15, -0.1) is 0 Å². The second-order valence-corrected chi connectivity index (χ2v) is 5.18. The van der Waals surface area contributed by atoms with E-state index in [1.807, 2.05) is 37.3 Å². The van der Waals surface area contributed by atoms with Crippen molar-refractivity contribution in [3.63, 3.8) is 0 Å². The van der Waals surface area contributed by atoms with Crippen LogP contribution in [-0.2, 0) is 0 Å². The molecule has 3 rings (SSSR count). The normalized spacial score (nSPS) is 10.3. The molecule has 3 nitrogen and oxygen atoms in total. The van der Waals surface area contributed by atoms with Gasteiger partial charge in [0, 0.05) is 16.7 Å². The van der Waals surface area contributed by atoms with Crippen LogP contribution in [-0.4, -0.2) is 4.98 Å². The molecular formula is C19H14FN3. The van der Waals surface area contributed by atoms with Gasteiger partial charge in [0.15, 0.2) is 0 Å². The van der Waals surface area contributed by atoms with Gasteiger partial charge in [-0.2, -0.15) is 5.26 Å². The zero-order valence-corrected chi connectivity index (χ0v) is 12.5. The van der Waals surface area contributed by atoms with Crippen LogP contribution in [0.5, 0.6) is 0 Å². The van der Waals surface area contributed by atoms with Gasteiger partial charge >= 0.3 is 0 Å². The smallest absolute Gasteiger partial charge is 0.142 e. The quantitative estimate of drug-likeness (QED) is 0.767. The predicted molar refractivity (Wildman–Crippen MR) is 88.9 cm³/mol. The first-order chi connectivity index (χ1) is 11.1. The maximum absolute atomic E-state index is 14.3. The Kier molecular flexibility index (Phi) is 3.78. The van der Waals surface area contributed by atoms with Crippen molar-refractivity contribution in [2.75, 3.05) is 5.73 Å². The van der Waals surface area contributed by atoms with Crippen molar-refractivity contribution in [1.82, 2.24) is 4.98 Å². The number of hydrogen-bond donors (Lipinski definition) is 1. The van der Waals surface area contributed by atoms with Crippen LogP contribution in [0.4, 0.5) is 10.2 Å². The molecular weight excluding hydrogens is 289 g/mol. The highest BCUT2D eigenvalue weighted by Gasteiger charge is 2.20. The molecule has 4 heteroatoms. The van der Waals surface area contributed by atoms with Crippen LogP contribution in [0.3, 0.4) is 0 Å². The molecule has 112 valence electrons. The van der Waals surface area contributed by atoms with E-state index < -0.39 is 5.82 Å². The Morgan fingerprint density at radius 1 is 1.04 bits per heavy atom. The molecule has 23 heavy (non-hydrogen) atoms. The lowest BCUT2D eigenvalue weighted by molar-refractivity contribution is 0.631. The lowest BCUT2D eigenvalue weighted by Gasteiger charge is -2.15. The summed E-state index contributed by atoms with van der Waals surface area (Å²) >= 11 is 0. The van der Waals surface area contributed by atoms with Crippen LogP contribution in [0.25, 0.3) is 22.4 Å². The minimum Gasteiger partial charge on any atom is -0.383 e. The minimum atomic E-state index is -0.392. The molecule has 0 aliphatic rings. The van der Waals surface area contributed by atoms with E-state index in [1.165, 1.54) is 6.07 Å². The van der Waals surface area contributed by atoms with Gasteiger partial charge in [0.25, 0.3) is 0 Å². The summed E-state index contributed by atoms with van der Waals surface area (Å²) in [6, 6.07) is 17.9. The molecule has 0 saturated heterocycles. The van der Waals surface area contributed by atoms with E-state index >= 15 is 0 Å². The van der Waals surface area contributed by atoms with Crippen molar-refractivity contribution >= 4 is 5.82 Å². The van der Waals surface area contributed by atoms with Gasteiger partial charge in [-0.25, -0.2) is 9.37 Å². The molecule has 0 unspecified atom stereocenters. The Labute approximate surface area is 133 Å². The summed E-state index contributed by atoms with van der Waals surface area (Å²) in [5, 5.41) is 9.44. The molecule has 1 aromatic heterocycles. The van der Waals surface area contributed by atoms with Crippen LogP contribution < -0.4 is 5.73 Å². The summed E-state index contributed by atoms with van der Waals surface area (Å²) in [5.74, 6) is -0.285. The third kappa shape index (κ3) is 2.53. The van der Waals surface area contributed by atoms with Gasteiger partial charge in [-0.3, -0.25) is 0 Å². The number of pyridine rings is 1. The van der Waals surface area contributed by atoms with E-state index in [0.717, 1.165) is 11.1 Å². The Hall–Kier alpha value is -3.19. The Morgan fingerprint density at radius 3 is 2.35 bits per heavy atom. The van der Waals surface area contributed by atoms with E-state index in [0.29, 0.717) is 16.8 Å². The summed E-state index contributed by atoms with van der Waals surface area (Å²) in [6.45, 7) is 1.83. The number of rotatable bonds is 2. The zero-order valence-electron chi connectivity index (χ0n) is 12.5. The third-order valence-electron chi connectivity index (χ3n) is 3.77. The molecule has 0 saturated carbocycles. The van der Waals surface area contributed by atoms with Crippen LogP contribution in [0.15, 0.2) is 54.6 Å². The highest BCUT2D eigenvalue weighted by molar-refractivity contribution is 5.84. The average molecular weight is 303 g/mol. The van der Waals surface area contributed by atoms with E-state index in [-0.39, 0.29) is 11.4 Å². The second-order valence-electron chi connectivity index (χ2n) is 5.18. The number of nitrogen functional groups attached to an aromatic ring is 1. The fourth-order valence-corrected chi connectivity index (χ4v) is 2.69. The molecule has 2 N–H and O–H groups in total. The number of aromatic nitrogens is 1. The SMILES string of the molecule is Cc1c(-c2ccccc2)nc(N)c(C#N)c1-c1ccccc1F.